The summed E-state index contributed by atoms with van der Waals surface area (Å²) in [6.45, 7) is 4.79. The predicted octanol–water partition coefficient (Wildman–Crippen LogP) is 2.40. The molecule has 8 heteroatoms. The van der Waals surface area contributed by atoms with E-state index < -0.39 is 6.29 Å². The Labute approximate surface area is 156 Å². The van der Waals surface area contributed by atoms with Crippen LogP contribution in [-0.4, -0.2) is 39.1 Å². The number of carbonyl (C=O) groups is 1. The van der Waals surface area contributed by atoms with Gasteiger partial charge in [-0.05, 0) is 49.3 Å². The molecule has 2 bridgehead atoms. The molecule has 7 nitrogen and oxygen atoms in total. The van der Waals surface area contributed by atoms with Crippen molar-refractivity contribution in [3.8, 4) is 5.75 Å². The molecule has 3 heterocycles. The van der Waals surface area contributed by atoms with Gasteiger partial charge in [0.25, 0.3) is 0 Å². The van der Waals surface area contributed by atoms with Crippen LogP contribution in [0.2, 0.25) is 0 Å². The number of fused-ring (bicyclic) bond motifs is 2. The van der Waals surface area contributed by atoms with Gasteiger partial charge in [-0.1, -0.05) is 6.07 Å². The molecule has 0 saturated carbocycles. The number of aromatic nitrogens is 3. The number of rotatable bonds is 4. The van der Waals surface area contributed by atoms with Gasteiger partial charge in [0.1, 0.15) is 18.5 Å². The van der Waals surface area contributed by atoms with Gasteiger partial charge in [0.15, 0.2) is 16.4 Å². The van der Waals surface area contributed by atoms with Crippen LogP contribution in [0.4, 0.5) is 0 Å². The van der Waals surface area contributed by atoms with E-state index in [0.29, 0.717) is 30.2 Å². The summed E-state index contributed by atoms with van der Waals surface area (Å²) < 4.78 is 20.9. The summed E-state index contributed by atoms with van der Waals surface area (Å²) in [4.78, 5) is 12.1. The third-order valence-corrected chi connectivity index (χ3v) is 5.53. The first-order valence-electron chi connectivity index (χ1n) is 8.58. The van der Waals surface area contributed by atoms with Gasteiger partial charge in [0.05, 0.1) is 12.6 Å². The van der Waals surface area contributed by atoms with E-state index in [1.165, 1.54) is 11.1 Å². The molecule has 0 radical (unpaired) electrons. The van der Waals surface area contributed by atoms with Crippen molar-refractivity contribution in [2.75, 3.05) is 6.61 Å². The zero-order chi connectivity index (χ0) is 18.4. The number of Topliss-reactive ketones (excluding diaryl/α,β-unsaturated/α-hetero) is 1. The molecule has 1 aromatic carbocycles. The molecule has 2 aliphatic heterocycles. The van der Waals surface area contributed by atoms with Crippen molar-refractivity contribution >= 4 is 18.0 Å². The zero-order valence-corrected chi connectivity index (χ0v) is 15.8. The minimum absolute atomic E-state index is 0.0655. The van der Waals surface area contributed by atoms with Crippen LogP contribution in [0, 0.1) is 18.6 Å². The Kier molecular flexibility index (Phi) is 4.42. The number of ether oxygens (including phenoxy) is 3. The molecule has 0 unspecified atom stereocenters. The number of hydrogen-bond acceptors (Lipinski definition) is 6. The van der Waals surface area contributed by atoms with E-state index >= 15 is 0 Å². The number of aryl methyl sites for hydroxylation is 2. The van der Waals surface area contributed by atoms with Gasteiger partial charge in [-0.3, -0.25) is 4.79 Å². The van der Waals surface area contributed by atoms with Crippen LogP contribution in [0.5, 0.6) is 5.75 Å². The number of carbonyl (C=O) groups excluding carboxylic acids is 1. The Balaban J connectivity index is 1.55. The Morgan fingerprint density at radius 2 is 2.15 bits per heavy atom. The van der Waals surface area contributed by atoms with E-state index in [1.54, 1.807) is 4.68 Å². The maximum absolute atomic E-state index is 12.1. The van der Waals surface area contributed by atoms with Gasteiger partial charge < -0.3 is 18.8 Å². The summed E-state index contributed by atoms with van der Waals surface area (Å²) in [6, 6.07) is 5.74. The quantitative estimate of drug-likeness (QED) is 0.765. The molecule has 0 amide bonds. The molecule has 0 spiro atoms. The van der Waals surface area contributed by atoms with Crippen LogP contribution in [0.1, 0.15) is 29.4 Å². The van der Waals surface area contributed by atoms with Gasteiger partial charge in [-0.25, -0.2) is 4.68 Å². The lowest BCUT2D eigenvalue weighted by Gasteiger charge is -2.26. The zero-order valence-electron chi connectivity index (χ0n) is 15.0. The van der Waals surface area contributed by atoms with Crippen molar-refractivity contribution in [2.45, 2.75) is 45.3 Å². The lowest BCUT2D eigenvalue weighted by atomic mass is 10.0. The van der Waals surface area contributed by atoms with E-state index in [0.717, 1.165) is 5.75 Å². The Morgan fingerprint density at radius 1 is 1.35 bits per heavy atom. The van der Waals surface area contributed by atoms with Crippen LogP contribution in [-0.2, 0) is 27.9 Å². The molecule has 26 heavy (non-hydrogen) atoms. The molecule has 2 fully saturated rings. The summed E-state index contributed by atoms with van der Waals surface area (Å²) in [5.74, 6) is 1.42. The largest absolute Gasteiger partial charge is 0.486 e. The van der Waals surface area contributed by atoms with E-state index in [1.807, 2.05) is 29.8 Å². The van der Waals surface area contributed by atoms with Gasteiger partial charge in [-0.2, -0.15) is 5.10 Å². The maximum Gasteiger partial charge on any atom is 0.218 e. The molecule has 4 rings (SSSR count). The van der Waals surface area contributed by atoms with E-state index in [4.69, 9.17) is 26.4 Å². The standard InChI is InChI=1S/C18H21N3O4S/c1-10-4-5-12(6-11(10)2)23-9-16-19-21(18(26)20(16)3)13-7-14(22)17-24-8-15(13)25-17/h4-6,13,15,17H,7-9H2,1-3H3/t13-,15+,17+/m1/s1. The highest BCUT2D eigenvalue weighted by Crippen LogP contribution is 2.33. The molecule has 2 saturated heterocycles. The average Bonchev–Trinajstić information content (AvgIpc) is 3.17. The molecule has 0 N–H and O–H groups in total. The highest BCUT2D eigenvalue weighted by atomic mass is 32.1. The third-order valence-electron chi connectivity index (χ3n) is 5.07. The molecular formula is C18H21N3O4S. The second kappa shape index (κ2) is 6.61. The van der Waals surface area contributed by atoms with Crippen LogP contribution in [0.15, 0.2) is 18.2 Å². The molecule has 2 aliphatic rings. The molecule has 138 valence electrons. The first-order chi connectivity index (χ1) is 12.4. The second-order valence-electron chi connectivity index (χ2n) is 6.81. The number of benzene rings is 1. The van der Waals surface area contributed by atoms with Crippen molar-refractivity contribution in [3.05, 3.63) is 39.9 Å². The van der Waals surface area contributed by atoms with Gasteiger partial charge in [-0.15, -0.1) is 0 Å². The first kappa shape index (κ1) is 17.4. The summed E-state index contributed by atoms with van der Waals surface area (Å²) in [7, 11) is 1.85. The van der Waals surface area contributed by atoms with Gasteiger partial charge in [0.2, 0.25) is 6.29 Å². The predicted molar refractivity (Wildman–Crippen MR) is 95.6 cm³/mol. The molecule has 0 aliphatic carbocycles. The first-order valence-corrected chi connectivity index (χ1v) is 8.99. The van der Waals surface area contributed by atoms with Crippen molar-refractivity contribution in [1.29, 1.82) is 0 Å². The summed E-state index contributed by atoms with van der Waals surface area (Å²) in [5.41, 5.74) is 2.40. The van der Waals surface area contributed by atoms with E-state index in [2.05, 4.69) is 18.9 Å². The monoisotopic (exact) mass is 375 g/mol. The highest BCUT2D eigenvalue weighted by Gasteiger charge is 2.45. The van der Waals surface area contributed by atoms with Crippen LogP contribution >= 0.6 is 12.2 Å². The van der Waals surface area contributed by atoms with Crippen LogP contribution < -0.4 is 4.74 Å². The lowest BCUT2D eigenvalue weighted by molar-refractivity contribution is -0.156. The molecule has 2 aromatic rings. The fraction of sp³-hybridized carbons (Fsp3) is 0.500. The minimum atomic E-state index is -0.721. The van der Waals surface area contributed by atoms with E-state index in [9.17, 15) is 4.79 Å². The number of nitrogens with zero attached hydrogens (tertiary/aromatic N) is 3. The van der Waals surface area contributed by atoms with Crippen molar-refractivity contribution < 1.29 is 19.0 Å². The normalized spacial score (nSPS) is 24.9. The Bertz CT molecular complexity index is 920. The highest BCUT2D eigenvalue weighted by molar-refractivity contribution is 7.71. The molecule has 3 atom stereocenters. The fourth-order valence-electron chi connectivity index (χ4n) is 3.26. The summed E-state index contributed by atoms with van der Waals surface area (Å²) in [5, 5.41) is 4.60. The van der Waals surface area contributed by atoms with Crippen molar-refractivity contribution in [1.82, 2.24) is 14.3 Å². The number of hydrogen-bond donors (Lipinski definition) is 0. The van der Waals surface area contributed by atoms with Crippen LogP contribution in [0.25, 0.3) is 0 Å². The average molecular weight is 375 g/mol. The van der Waals surface area contributed by atoms with Gasteiger partial charge in [0, 0.05) is 13.5 Å². The molecular weight excluding hydrogens is 354 g/mol. The Hall–Kier alpha value is -2.03. The SMILES string of the molecule is Cc1ccc(OCc2nn([C@@H]3CC(=O)[C@H]4OC[C@@H]3O4)c(=S)n2C)cc1C. The number of ketones is 1. The van der Waals surface area contributed by atoms with Crippen molar-refractivity contribution in [3.63, 3.8) is 0 Å². The summed E-state index contributed by atoms with van der Waals surface area (Å²) >= 11 is 5.52. The maximum atomic E-state index is 12.1. The van der Waals surface area contributed by atoms with Gasteiger partial charge >= 0.3 is 0 Å². The molecule has 1 aromatic heterocycles. The summed E-state index contributed by atoms with van der Waals surface area (Å²) in [6.07, 6.45) is -0.604. The van der Waals surface area contributed by atoms with Crippen LogP contribution in [0.3, 0.4) is 0 Å². The fourth-order valence-corrected chi connectivity index (χ4v) is 3.54. The Morgan fingerprint density at radius 3 is 2.92 bits per heavy atom. The van der Waals surface area contributed by atoms with Crippen molar-refractivity contribution in [2.24, 2.45) is 7.05 Å². The lowest BCUT2D eigenvalue weighted by Crippen LogP contribution is -2.37. The smallest absolute Gasteiger partial charge is 0.218 e. The third kappa shape index (κ3) is 2.98. The minimum Gasteiger partial charge on any atom is -0.486 e. The second-order valence-corrected chi connectivity index (χ2v) is 7.18. The van der Waals surface area contributed by atoms with E-state index in [-0.39, 0.29) is 17.9 Å². The topological polar surface area (TPSA) is 67.5 Å².